The van der Waals surface area contributed by atoms with Crippen molar-refractivity contribution in [3.63, 3.8) is 0 Å². The normalized spacial score (nSPS) is 15.9. The second-order valence-electron chi connectivity index (χ2n) is 3.82. The van der Waals surface area contributed by atoms with Crippen molar-refractivity contribution >= 4 is 22.4 Å². The Kier molecular flexibility index (Phi) is 1.74. The lowest BCUT2D eigenvalue weighted by molar-refractivity contribution is 0.933. The third-order valence-electron chi connectivity index (χ3n) is 2.82. The summed E-state index contributed by atoms with van der Waals surface area (Å²) < 4.78 is 0. The van der Waals surface area contributed by atoms with E-state index in [-0.39, 0.29) is 0 Å². The SMILES string of the molecule is Nc1n[nH]c2nc(C3=CCCC3)ccc12. The molecule has 2 aromatic heterocycles. The number of nitrogens with one attached hydrogen (secondary N) is 1. The third-order valence-corrected chi connectivity index (χ3v) is 2.82. The molecule has 2 heterocycles. The van der Waals surface area contributed by atoms with Crippen molar-refractivity contribution in [2.24, 2.45) is 0 Å². The van der Waals surface area contributed by atoms with Gasteiger partial charge in [0, 0.05) is 0 Å². The van der Waals surface area contributed by atoms with Crippen LogP contribution in [0, 0.1) is 0 Å². The van der Waals surface area contributed by atoms with E-state index >= 15 is 0 Å². The van der Waals surface area contributed by atoms with Crippen LogP contribution in [0.15, 0.2) is 18.2 Å². The fraction of sp³-hybridized carbons (Fsp3) is 0.273. The van der Waals surface area contributed by atoms with Crippen LogP contribution in [0.1, 0.15) is 25.0 Å². The van der Waals surface area contributed by atoms with Crippen LogP contribution in [0.5, 0.6) is 0 Å². The second-order valence-corrected chi connectivity index (χ2v) is 3.82. The van der Waals surface area contributed by atoms with Crippen molar-refractivity contribution in [3.8, 4) is 0 Å². The van der Waals surface area contributed by atoms with Crippen molar-refractivity contribution in [2.45, 2.75) is 19.3 Å². The van der Waals surface area contributed by atoms with E-state index in [9.17, 15) is 0 Å². The van der Waals surface area contributed by atoms with Crippen LogP contribution >= 0.6 is 0 Å². The quantitative estimate of drug-likeness (QED) is 0.740. The number of nitrogens with two attached hydrogens (primary N) is 1. The summed E-state index contributed by atoms with van der Waals surface area (Å²) in [6, 6.07) is 4.00. The molecule has 0 aromatic carbocycles. The molecule has 2 aromatic rings. The van der Waals surface area contributed by atoms with Gasteiger partial charge in [0.25, 0.3) is 0 Å². The van der Waals surface area contributed by atoms with Gasteiger partial charge in [-0.2, -0.15) is 5.10 Å². The van der Waals surface area contributed by atoms with E-state index in [1.54, 1.807) is 0 Å². The topological polar surface area (TPSA) is 67.6 Å². The van der Waals surface area contributed by atoms with E-state index in [2.05, 4.69) is 21.3 Å². The van der Waals surface area contributed by atoms with Crippen molar-refractivity contribution < 1.29 is 0 Å². The fourth-order valence-corrected chi connectivity index (χ4v) is 2.01. The number of allylic oxidation sites excluding steroid dienone is 2. The monoisotopic (exact) mass is 200 g/mol. The zero-order valence-electron chi connectivity index (χ0n) is 8.33. The van der Waals surface area contributed by atoms with E-state index in [4.69, 9.17) is 5.73 Å². The highest BCUT2D eigenvalue weighted by Gasteiger charge is 2.10. The molecule has 4 nitrogen and oxygen atoms in total. The number of pyridine rings is 1. The summed E-state index contributed by atoms with van der Waals surface area (Å²) in [5.74, 6) is 0.518. The standard InChI is InChI=1S/C11H12N4/c12-10-8-5-6-9(7-3-1-2-4-7)13-11(8)15-14-10/h3,5-6H,1-2,4H2,(H3,12,13,14,15). The molecule has 3 N–H and O–H groups in total. The maximum absolute atomic E-state index is 5.68. The Morgan fingerprint density at radius 3 is 3.07 bits per heavy atom. The van der Waals surface area contributed by atoms with Crippen LogP contribution in [-0.4, -0.2) is 15.2 Å². The molecular weight excluding hydrogens is 188 g/mol. The van der Waals surface area contributed by atoms with Gasteiger partial charge in [0.05, 0.1) is 11.1 Å². The van der Waals surface area contributed by atoms with Crippen molar-refractivity contribution in [2.75, 3.05) is 5.73 Å². The molecule has 76 valence electrons. The zero-order chi connectivity index (χ0) is 10.3. The highest BCUT2D eigenvalue weighted by atomic mass is 15.2. The summed E-state index contributed by atoms with van der Waals surface area (Å²) in [4.78, 5) is 4.51. The summed E-state index contributed by atoms with van der Waals surface area (Å²) in [5, 5.41) is 7.67. The number of aromatic amines is 1. The number of nitrogens with zero attached hydrogens (tertiary/aromatic N) is 2. The van der Waals surface area contributed by atoms with Gasteiger partial charge in [0.2, 0.25) is 0 Å². The van der Waals surface area contributed by atoms with Gasteiger partial charge >= 0.3 is 0 Å². The predicted octanol–water partition coefficient (Wildman–Crippen LogP) is 2.11. The van der Waals surface area contributed by atoms with Gasteiger partial charge in [-0.3, -0.25) is 5.10 Å². The number of hydrogen-bond donors (Lipinski definition) is 2. The Morgan fingerprint density at radius 2 is 2.27 bits per heavy atom. The first-order valence-corrected chi connectivity index (χ1v) is 5.14. The van der Waals surface area contributed by atoms with Gasteiger partial charge in [-0.1, -0.05) is 6.08 Å². The molecule has 0 radical (unpaired) electrons. The molecule has 1 aliphatic rings. The van der Waals surface area contributed by atoms with Crippen molar-refractivity contribution in [1.82, 2.24) is 15.2 Å². The fourth-order valence-electron chi connectivity index (χ4n) is 2.01. The molecule has 0 bridgehead atoms. The highest BCUT2D eigenvalue weighted by molar-refractivity contribution is 5.87. The molecule has 3 rings (SSSR count). The smallest absolute Gasteiger partial charge is 0.158 e. The number of nitrogen functional groups attached to an aromatic ring is 1. The van der Waals surface area contributed by atoms with E-state index in [0.29, 0.717) is 5.82 Å². The first kappa shape index (κ1) is 8.47. The number of fused-ring (bicyclic) bond motifs is 1. The lowest BCUT2D eigenvalue weighted by Gasteiger charge is -2.00. The zero-order valence-corrected chi connectivity index (χ0v) is 8.33. The molecule has 0 saturated carbocycles. The second kappa shape index (κ2) is 3.08. The van der Waals surface area contributed by atoms with Crippen LogP contribution in [-0.2, 0) is 0 Å². The van der Waals surface area contributed by atoms with Gasteiger partial charge in [0.1, 0.15) is 0 Å². The van der Waals surface area contributed by atoms with Crippen molar-refractivity contribution in [3.05, 3.63) is 23.9 Å². The molecule has 4 heteroatoms. The highest BCUT2D eigenvalue weighted by Crippen LogP contribution is 2.27. The first-order chi connectivity index (χ1) is 7.34. The predicted molar refractivity (Wildman–Crippen MR) is 60.1 cm³/mol. The van der Waals surface area contributed by atoms with E-state index in [0.717, 1.165) is 23.1 Å². The number of H-pyrrole nitrogens is 1. The van der Waals surface area contributed by atoms with Crippen molar-refractivity contribution in [1.29, 1.82) is 0 Å². The maximum atomic E-state index is 5.68. The lowest BCUT2D eigenvalue weighted by atomic mass is 10.1. The Labute approximate surface area is 87.2 Å². The van der Waals surface area contributed by atoms with Gasteiger partial charge in [0.15, 0.2) is 11.5 Å². The van der Waals surface area contributed by atoms with Crippen LogP contribution in [0.2, 0.25) is 0 Å². The van der Waals surface area contributed by atoms with Gasteiger partial charge < -0.3 is 5.73 Å². The van der Waals surface area contributed by atoms with E-state index < -0.39 is 0 Å². The van der Waals surface area contributed by atoms with Gasteiger partial charge in [-0.15, -0.1) is 0 Å². The molecule has 0 atom stereocenters. The molecule has 0 spiro atoms. The molecule has 0 fully saturated rings. The Hall–Kier alpha value is -1.84. The minimum absolute atomic E-state index is 0.518. The minimum atomic E-state index is 0.518. The van der Waals surface area contributed by atoms with Crippen LogP contribution < -0.4 is 5.73 Å². The van der Waals surface area contributed by atoms with Gasteiger partial charge in [-0.25, -0.2) is 4.98 Å². The summed E-state index contributed by atoms with van der Waals surface area (Å²) in [7, 11) is 0. The van der Waals surface area contributed by atoms with Crippen LogP contribution in [0.4, 0.5) is 5.82 Å². The Morgan fingerprint density at radius 1 is 1.33 bits per heavy atom. The number of rotatable bonds is 1. The molecular formula is C11H12N4. The summed E-state index contributed by atoms with van der Waals surface area (Å²) in [5.41, 5.74) is 8.84. The summed E-state index contributed by atoms with van der Waals surface area (Å²) in [6.07, 6.45) is 5.79. The van der Waals surface area contributed by atoms with E-state index in [1.165, 1.54) is 18.4 Å². The third kappa shape index (κ3) is 1.29. The molecule has 1 aliphatic carbocycles. The first-order valence-electron chi connectivity index (χ1n) is 5.14. The summed E-state index contributed by atoms with van der Waals surface area (Å²) >= 11 is 0. The van der Waals surface area contributed by atoms with E-state index in [1.807, 2.05) is 12.1 Å². The molecule has 0 unspecified atom stereocenters. The molecule has 0 amide bonds. The largest absolute Gasteiger partial charge is 0.382 e. The number of anilines is 1. The average Bonchev–Trinajstić information content (AvgIpc) is 2.88. The average molecular weight is 200 g/mol. The minimum Gasteiger partial charge on any atom is -0.382 e. The number of hydrogen-bond acceptors (Lipinski definition) is 3. The lowest BCUT2D eigenvalue weighted by Crippen LogP contribution is -1.88. The maximum Gasteiger partial charge on any atom is 0.158 e. The molecule has 0 saturated heterocycles. The number of aromatic nitrogens is 3. The van der Waals surface area contributed by atoms with Crippen LogP contribution in [0.3, 0.4) is 0 Å². The Bertz CT molecular complexity index is 539. The summed E-state index contributed by atoms with van der Waals surface area (Å²) in [6.45, 7) is 0. The Balaban J connectivity index is 2.13. The van der Waals surface area contributed by atoms with Crippen LogP contribution in [0.25, 0.3) is 16.6 Å². The van der Waals surface area contributed by atoms with Gasteiger partial charge in [-0.05, 0) is 37.0 Å². The molecule has 0 aliphatic heterocycles. The molecule has 15 heavy (non-hydrogen) atoms.